The van der Waals surface area contributed by atoms with Gasteiger partial charge in [-0.15, -0.1) is 0 Å². The molecule has 0 aliphatic rings. The van der Waals surface area contributed by atoms with Gasteiger partial charge < -0.3 is 9.30 Å². The fourth-order valence-electron chi connectivity index (χ4n) is 3.36. The number of aromatic nitrogens is 6. The zero-order valence-electron chi connectivity index (χ0n) is 16.9. The third-order valence-corrected chi connectivity index (χ3v) is 4.81. The van der Waals surface area contributed by atoms with Crippen molar-refractivity contribution in [2.45, 2.75) is 26.4 Å². The Kier molecular flexibility index (Phi) is 5.57. The molecule has 1 N–H and O–H groups in total. The number of para-hydroxylation sites is 2. The minimum Gasteiger partial charge on any atom is -0.382 e. The number of hydrogen-bond donors (Lipinski definition) is 1. The quantitative estimate of drug-likeness (QED) is 0.442. The molecule has 0 fully saturated rings. The monoisotopic (exact) mass is 409 g/mol. The minimum atomic E-state index is -0.358. The summed E-state index contributed by atoms with van der Waals surface area (Å²) in [6.07, 6.45) is 3.60. The average Bonchev–Trinajstić information content (AvgIpc) is 3.28. The van der Waals surface area contributed by atoms with E-state index in [0.717, 1.165) is 17.5 Å². The summed E-state index contributed by atoms with van der Waals surface area (Å²) < 4.78 is 10.2. The van der Waals surface area contributed by atoms with E-state index in [0.29, 0.717) is 36.7 Å². The maximum Gasteiger partial charge on any atom is 0.264 e. The molecule has 0 atom stereocenters. The highest BCUT2D eigenvalue weighted by Gasteiger charge is 2.15. The Bertz CT molecular complexity index is 1250. The molecule has 0 saturated heterocycles. The van der Waals surface area contributed by atoms with E-state index in [1.807, 2.05) is 35.8 Å². The van der Waals surface area contributed by atoms with Gasteiger partial charge in [-0.3, -0.25) is 24.2 Å². The van der Waals surface area contributed by atoms with Gasteiger partial charge in [0.15, 0.2) is 5.65 Å². The molecular formula is C20H23N7O3. The number of fused-ring (bicyclic) bond motifs is 2. The second kappa shape index (κ2) is 8.46. The van der Waals surface area contributed by atoms with Crippen LogP contribution in [0.15, 0.2) is 41.6 Å². The number of imidazole rings is 1. The molecule has 10 nitrogen and oxygen atoms in total. The van der Waals surface area contributed by atoms with Gasteiger partial charge in [-0.25, -0.2) is 9.97 Å². The molecule has 3 aromatic heterocycles. The van der Waals surface area contributed by atoms with Crippen molar-refractivity contribution in [2.75, 3.05) is 18.5 Å². The van der Waals surface area contributed by atoms with Gasteiger partial charge in [-0.2, -0.15) is 5.10 Å². The fourth-order valence-corrected chi connectivity index (χ4v) is 3.36. The van der Waals surface area contributed by atoms with Crippen molar-refractivity contribution in [3.8, 4) is 0 Å². The van der Waals surface area contributed by atoms with Crippen molar-refractivity contribution in [1.82, 2.24) is 28.9 Å². The Labute approximate surface area is 172 Å². The van der Waals surface area contributed by atoms with Crippen LogP contribution in [-0.4, -0.2) is 48.0 Å². The summed E-state index contributed by atoms with van der Waals surface area (Å²) in [5, 5.41) is 7.24. The van der Waals surface area contributed by atoms with Gasteiger partial charge in [-0.05, 0) is 25.5 Å². The van der Waals surface area contributed by atoms with Gasteiger partial charge >= 0.3 is 0 Å². The molecule has 0 radical (unpaired) electrons. The number of rotatable bonds is 8. The highest BCUT2D eigenvalue weighted by atomic mass is 16.5. The molecule has 30 heavy (non-hydrogen) atoms. The second-order valence-electron chi connectivity index (χ2n) is 6.86. The minimum absolute atomic E-state index is 0.168. The van der Waals surface area contributed by atoms with Crippen LogP contribution in [0.1, 0.15) is 13.3 Å². The van der Waals surface area contributed by atoms with Gasteiger partial charge in [0.25, 0.3) is 5.56 Å². The number of amides is 1. The first-order chi connectivity index (χ1) is 14.6. The predicted octanol–water partition coefficient (Wildman–Crippen LogP) is 1.54. The molecule has 0 bridgehead atoms. The third-order valence-electron chi connectivity index (χ3n) is 4.81. The van der Waals surface area contributed by atoms with Crippen molar-refractivity contribution in [3.05, 3.63) is 47.1 Å². The summed E-state index contributed by atoms with van der Waals surface area (Å²) in [4.78, 5) is 34.0. The molecule has 3 heterocycles. The molecule has 4 aromatic rings. The van der Waals surface area contributed by atoms with Crippen LogP contribution < -0.4 is 10.9 Å². The number of nitrogens with zero attached hydrogens (tertiary/aromatic N) is 6. The largest absolute Gasteiger partial charge is 0.382 e. The zero-order chi connectivity index (χ0) is 21.1. The van der Waals surface area contributed by atoms with E-state index in [4.69, 9.17) is 4.74 Å². The molecule has 0 spiro atoms. The number of ether oxygens (including phenoxy) is 1. The van der Waals surface area contributed by atoms with Gasteiger partial charge in [0.05, 0.1) is 17.2 Å². The first-order valence-corrected chi connectivity index (χ1v) is 9.78. The van der Waals surface area contributed by atoms with Crippen LogP contribution in [0.4, 0.5) is 5.95 Å². The van der Waals surface area contributed by atoms with E-state index >= 15 is 0 Å². The topological polar surface area (TPSA) is 109 Å². The number of carbonyl (C=O) groups excluding carboxylic acids is 1. The van der Waals surface area contributed by atoms with Crippen molar-refractivity contribution in [2.24, 2.45) is 7.05 Å². The normalized spacial score (nSPS) is 11.4. The molecule has 0 aliphatic carbocycles. The number of anilines is 1. The number of hydrogen-bond acceptors (Lipinski definition) is 6. The number of aryl methyl sites for hydroxylation is 2. The summed E-state index contributed by atoms with van der Waals surface area (Å²) in [6.45, 7) is 3.73. The van der Waals surface area contributed by atoms with Gasteiger partial charge in [0.2, 0.25) is 11.9 Å². The maximum atomic E-state index is 12.7. The Balaban J connectivity index is 1.55. The van der Waals surface area contributed by atoms with Crippen LogP contribution >= 0.6 is 0 Å². The fraction of sp³-hybridized carbons (Fsp3) is 0.350. The smallest absolute Gasteiger partial charge is 0.264 e. The van der Waals surface area contributed by atoms with Crippen LogP contribution in [0.5, 0.6) is 0 Å². The summed E-state index contributed by atoms with van der Waals surface area (Å²) in [5.41, 5.74) is 1.89. The third kappa shape index (κ3) is 3.81. The lowest BCUT2D eigenvalue weighted by molar-refractivity contribution is -0.116. The van der Waals surface area contributed by atoms with Crippen LogP contribution in [0.3, 0.4) is 0 Å². The molecule has 0 aliphatic heterocycles. The second-order valence-corrected chi connectivity index (χ2v) is 6.86. The first kappa shape index (κ1) is 19.8. The lowest BCUT2D eigenvalue weighted by atomic mass is 10.3. The highest BCUT2D eigenvalue weighted by molar-refractivity contribution is 5.91. The van der Waals surface area contributed by atoms with Gasteiger partial charge in [0, 0.05) is 26.8 Å². The average molecular weight is 409 g/mol. The summed E-state index contributed by atoms with van der Waals surface area (Å²) in [7, 11) is 1.71. The maximum absolute atomic E-state index is 12.7. The van der Waals surface area contributed by atoms with E-state index in [1.54, 1.807) is 7.05 Å². The molecule has 0 saturated carbocycles. The number of benzene rings is 1. The Morgan fingerprint density at radius 1 is 1.27 bits per heavy atom. The molecular weight excluding hydrogens is 386 g/mol. The molecule has 0 unspecified atom stereocenters. The van der Waals surface area contributed by atoms with Crippen LogP contribution in [0.2, 0.25) is 0 Å². The van der Waals surface area contributed by atoms with E-state index in [-0.39, 0.29) is 18.0 Å². The SMILES string of the molecule is CCOCCCn1c(NC(=O)Cn2cnc3c(cnn3C)c2=O)nc2ccccc21. The van der Waals surface area contributed by atoms with Gasteiger partial charge in [0.1, 0.15) is 18.3 Å². The lowest BCUT2D eigenvalue weighted by Crippen LogP contribution is -2.28. The summed E-state index contributed by atoms with van der Waals surface area (Å²) in [6, 6.07) is 7.70. The van der Waals surface area contributed by atoms with Crippen molar-refractivity contribution in [1.29, 1.82) is 0 Å². The lowest BCUT2D eigenvalue weighted by Gasteiger charge is -2.11. The Morgan fingerprint density at radius 3 is 2.93 bits per heavy atom. The predicted molar refractivity (Wildman–Crippen MR) is 112 cm³/mol. The molecule has 1 amide bonds. The molecule has 4 rings (SSSR count). The highest BCUT2D eigenvalue weighted by Crippen LogP contribution is 2.20. The van der Waals surface area contributed by atoms with Crippen molar-refractivity contribution >= 4 is 33.9 Å². The zero-order valence-corrected chi connectivity index (χ0v) is 16.9. The van der Waals surface area contributed by atoms with E-state index in [2.05, 4.69) is 20.4 Å². The molecule has 156 valence electrons. The first-order valence-electron chi connectivity index (χ1n) is 9.78. The molecule has 10 heteroatoms. The number of carbonyl (C=O) groups is 1. The van der Waals surface area contributed by atoms with E-state index in [9.17, 15) is 9.59 Å². The van der Waals surface area contributed by atoms with Gasteiger partial charge in [-0.1, -0.05) is 12.1 Å². The summed E-state index contributed by atoms with van der Waals surface area (Å²) >= 11 is 0. The molecule has 1 aromatic carbocycles. The van der Waals surface area contributed by atoms with E-state index in [1.165, 1.54) is 21.8 Å². The summed E-state index contributed by atoms with van der Waals surface area (Å²) in [5.74, 6) is 0.0877. The van der Waals surface area contributed by atoms with Crippen molar-refractivity contribution < 1.29 is 9.53 Å². The Hall–Kier alpha value is -3.53. The number of nitrogens with one attached hydrogen (secondary N) is 1. The van der Waals surface area contributed by atoms with Crippen LogP contribution in [0, 0.1) is 0 Å². The van der Waals surface area contributed by atoms with Crippen LogP contribution in [0.25, 0.3) is 22.1 Å². The van der Waals surface area contributed by atoms with Crippen molar-refractivity contribution in [3.63, 3.8) is 0 Å². The standard InChI is InChI=1S/C20H23N7O3/c1-3-30-10-6-9-27-16-8-5-4-7-15(16)23-20(27)24-17(28)12-26-13-21-18-14(19(26)29)11-22-25(18)2/h4-5,7-8,11,13H,3,6,9-10,12H2,1-2H3,(H,23,24,28). The Morgan fingerprint density at radius 2 is 2.10 bits per heavy atom. The van der Waals surface area contributed by atoms with Crippen LogP contribution in [-0.2, 0) is 29.7 Å². The van der Waals surface area contributed by atoms with E-state index < -0.39 is 0 Å².